The minimum atomic E-state index is -0.710. The minimum absolute atomic E-state index is 0.123. The van der Waals surface area contributed by atoms with Crippen LogP contribution in [0.3, 0.4) is 0 Å². The summed E-state index contributed by atoms with van der Waals surface area (Å²) < 4.78 is 1.18. The third-order valence-electron chi connectivity index (χ3n) is 3.95. The van der Waals surface area contributed by atoms with E-state index < -0.39 is 5.97 Å². The van der Waals surface area contributed by atoms with Gasteiger partial charge in [0.25, 0.3) is 0 Å². The molecule has 0 bridgehead atoms. The molecular weight excluding hydrogens is 270 g/mol. The van der Waals surface area contributed by atoms with Crippen LogP contribution in [0, 0.1) is 5.92 Å². The smallest absolute Gasteiger partial charge is 0.303 e. The normalized spacial score (nSPS) is 16.8. The van der Waals surface area contributed by atoms with Gasteiger partial charge in [0.2, 0.25) is 0 Å². The molecule has 1 aromatic heterocycles. The summed E-state index contributed by atoms with van der Waals surface area (Å²) >= 11 is 1.73. The maximum Gasteiger partial charge on any atom is 0.303 e. The van der Waals surface area contributed by atoms with Gasteiger partial charge >= 0.3 is 5.97 Å². The van der Waals surface area contributed by atoms with Crippen LogP contribution in [0.15, 0.2) is 18.2 Å². The number of thiazole rings is 1. The lowest BCUT2D eigenvalue weighted by Gasteiger charge is -2.14. The Morgan fingerprint density at radius 2 is 2.20 bits per heavy atom. The Kier molecular flexibility index (Phi) is 3.50. The van der Waals surface area contributed by atoms with Gasteiger partial charge in [-0.15, -0.1) is 11.3 Å². The first-order chi connectivity index (χ1) is 9.56. The van der Waals surface area contributed by atoms with E-state index in [1.54, 1.807) is 11.3 Å². The van der Waals surface area contributed by atoms with Crippen LogP contribution in [0.4, 0.5) is 0 Å². The lowest BCUT2D eigenvalue weighted by atomic mass is 9.90. The SMILES string of the molecule is CC(C)c1nc2c(C(CC(=O)O)C3CC3)cccc2s1. The number of fused-ring (bicyclic) bond motifs is 1. The van der Waals surface area contributed by atoms with E-state index in [1.165, 1.54) is 4.70 Å². The summed E-state index contributed by atoms with van der Waals surface area (Å²) in [6.45, 7) is 4.29. The van der Waals surface area contributed by atoms with Crippen LogP contribution in [0.25, 0.3) is 10.2 Å². The lowest BCUT2D eigenvalue weighted by Crippen LogP contribution is -2.09. The van der Waals surface area contributed by atoms with Crippen molar-refractivity contribution >= 4 is 27.5 Å². The highest BCUT2D eigenvalue weighted by molar-refractivity contribution is 7.18. The number of benzene rings is 1. The van der Waals surface area contributed by atoms with Crippen molar-refractivity contribution in [1.82, 2.24) is 4.98 Å². The lowest BCUT2D eigenvalue weighted by molar-refractivity contribution is -0.137. The predicted molar refractivity (Wildman–Crippen MR) is 81.4 cm³/mol. The van der Waals surface area contributed by atoms with E-state index in [0.29, 0.717) is 11.8 Å². The van der Waals surface area contributed by atoms with Crippen LogP contribution in [0.5, 0.6) is 0 Å². The quantitative estimate of drug-likeness (QED) is 0.888. The Labute approximate surface area is 122 Å². The Morgan fingerprint density at radius 3 is 2.80 bits per heavy atom. The van der Waals surface area contributed by atoms with Crippen LogP contribution < -0.4 is 0 Å². The van der Waals surface area contributed by atoms with E-state index in [4.69, 9.17) is 10.1 Å². The fourth-order valence-electron chi connectivity index (χ4n) is 2.75. The summed E-state index contributed by atoms with van der Waals surface area (Å²) in [5, 5.41) is 10.3. The molecule has 0 amide bonds. The molecule has 0 aliphatic heterocycles. The number of hydrogen-bond donors (Lipinski definition) is 1. The van der Waals surface area contributed by atoms with E-state index >= 15 is 0 Å². The van der Waals surface area contributed by atoms with Crippen LogP contribution >= 0.6 is 11.3 Å². The molecule has 1 unspecified atom stereocenters. The molecule has 106 valence electrons. The Bertz CT molecular complexity index is 643. The van der Waals surface area contributed by atoms with Gasteiger partial charge in [0, 0.05) is 5.92 Å². The minimum Gasteiger partial charge on any atom is -0.481 e. The van der Waals surface area contributed by atoms with Crippen LogP contribution in [-0.4, -0.2) is 16.1 Å². The van der Waals surface area contributed by atoms with E-state index in [-0.39, 0.29) is 12.3 Å². The summed E-state index contributed by atoms with van der Waals surface area (Å²) in [6.07, 6.45) is 2.52. The second kappa shape index (κ2) is 5.17. The Morgan fingerprint density at radius 1 is 1.45 bits per heavy atom. The van der Waals surface area contributed by atoms with Gasteiger partial charge in [-0.05, 0) is 36.3 Å². The van der Waals surface area contributed by atoms with Crippen molar-refractivity contribution < 1.29 is 9.90 Å². The van der Waals surface area contributed by atoms with Crippen molar-refractivity contribution in [2.75, 3.05) is 0 Å². The molecule has 20 heavy (non-hydrogen) atoms. The fourth-order valence-corrected chi connectivity index (χ4v) is 3.76. The Balaban J connectivity index is 2.06. The summed E-state index contributed by atoms with van der Waals surface area (Å²) in [5.74, 6) is 0.358. The average molecular weight is 289 g/mol. The molecule has 2 aromatic rings. The molecule has 3 nitrogen and oxygen atoms in total. The van der Waals surface area contributed by atoms with E-state index in [1.807, 2.05) is 6.07 Å². The third-order valence-corrected chi connectivity index (χ3v) is 5.27. The molecule has 3 rings (SSSR count). The fraction of sp³-hybridized carbons (Fsp3) is 0.500. The van der Waals surface area contributed by atoms with Crippen LogP contribution in [0.1, 0.15) is 55.5 Å². The van der Waals surface area contributed by atoms with E-state index in [9.17, 15) is 4.79 Å². The zero-order valence-corrected chi connectivity index (χ0v) is 12.6. The van der Waals surface area contributed by atoms with E-state index in [0.717, 1.165) is 28.9 Å². The molecule has 1 aliphatic carbocycles. The number of aliphatic carboxylic acids is 1. The maximum atomic E-state index is 11.1. The molecule has 1 N–H and O–H groups in total. The summed E-state index contributed by atoms with van der Waals surface area (Å²) in [4.78, 5) is 15.9. The highest BCUT2D eigenvalue weighted by Crippen LogP contribution is 2.46. The first-order valence-corrected chi connectivity index (χ1v) is 7.99. The van der Waals surface area contributed by atoms with Gasteiger partial charge < -0.3 is 5.11 Å². The van der Waals surface area contributed by atoms with Crippen molar-refractivity contribution in [3.8, 4) is 0 Å². The van der Waals surface area contributed by atoms with Crippen molar-refractivity contribution in [3.05, 3.63) is 28.8 Å². The topological polar surface area (TPSA) is 50.2 Å². The molecule has 1 aliphatic rings. The van der Waals surface area contributed by atoms with Crippen molar-refractivity contribution in [2.24, 2.45) is 5.92 Å². The van der Waals surface area contributed by atoms with Gasteiger partial charge in [-0.1, -0.05) is 26.0 Å². The number of aromatic nitrogens is 1. The molecule has 0 spiro atoms. The van der Waals surface area contributed by atoms with Crippen molar-refractivity contribution in [2.45, 2.75) is 44.9 Å². The van der Waals surface area contributed by atoms with Gasteiger partial charge in [-0.25, -0.2) is 4.98 Å². The predicted octanol–water partition coefficient (Wildman–Crippen LogP) is 4.39. The molecular formula is C16H19NO2S. The number of nitrogens with zero attached hydrogens (tertiary/aromatic N) is 1. The number of carboxylic acids is 1. The van der Waals surface area contributed by atoms with Gasteiger partial charge in [0.05, 0.1) is 21.6 Å². The van der Waals surface area contributed by atoms with Gasteiger partial charge in [0.1, 0.15) is 0 Å². The summed E-state index contributed by atoms with van der Waals surface area (Å²) in [5.41, 5.74) is 2.16. The first kappa shape index (κ1) is 13.6. The second-order valence-corrected chi connectivity index (χ2v) is 7.00. The average Bonchev–Trinajstić information content (AvgIpc) is 3.13. The molecule has 0 saturated heterocycles. The number of carboxylic acid groups (broad SMARTS) is 1. The zero-order chi connectivity index (χ0) is 14.3. The molecule has 1 fully saturated rings. The maximum absolute atomic E-state index is 11.1. The highest BCUT2D eigenvalue weighted by Gasteiger charge is 2.35. The summed E-state index contributed by atoms with van der Waals surface area (Å²) in [6, 6.07) is 6.20. The summed E-state index contributed by atoms with van der Waals surface area (Å²) in [7, 11) is 0. The Hall–Kier alpha value is -1.42. The molecule has 4 heteroatoms. The van der Waals surface area contributed by atoms with E-state index in [2.05, 4.69) is 26.0 Å². The molecule has 1 heterocycles. The monoisotopic (exact) mass is 289 g/mol. The molecule has 1 saturated carbocycles. The van der Waals surface area contributed by atoms with Crippen molar-refractivity contribution in [1.29, 1.82) is 0 Å². The zero-order valence-electron chi connectivity index (χ0n) is 11.8. The standard InChI is InChI=1S/C16H19NO2S/c1-9(2)16-17-15-11(4-3-5-13(15)20-16)12(8-14(18)19)10-6-7-10/h3-5,9-10,12H,6-8H2,1-2H3,(H,18,19). The molecule has 1 atom stereocenters. The largest absolute Gasteiger partial charge is 0.481 e. The number of para-hydroxylation sites is 1. The highest BCUT2D eigenvalue weighted by atomic mass is 32.1. The van der Waals surface area contributed by atoms with Crippen molar-refractivity contribution in [3.63, 3.8) is 0 Å². The molecule has 0 radical (unpaired) electrons. The number of rotatable bonds is 5. The van der Waals surface area contributed by atoms with Crippen LogP contribution in [0.2, 0.25) is 0 Å². The van der Waals surface area contributed by atoms with Crippen LogP contribution in [-0.2, 0) is 4.79 Å². The first-order valence-electron chi connectivity index (χ1n) is 7.17. The van der Waals surface area contributed by atoms with Gasteiger partial charge in [0.15, 0.2) is 0 Å². The number of carbonyl (C=O) groups is 1. The van der Waals surface area contributed by atoms with Gasteiger partial charge in [-0.2, -0.15) is 0 Å². The third kappa shape index (κ3) is 2.57. The molecule has 1 aromatic carbocycles. The van der Waals surface area contributed by atoms with Gasteiger partial charge in [-0.3, -0.25) is 4.79 Å². The number of hydrogen-bond acceptors (Lipinski definition) is 3. The second-order valence-electron chi connectivity index (χ2n) is 5.94.